The van der Waals surface area contributed by atoms with E-state index in [0.717, 1.165) is 0 Å². The summed E-state index contributed by atoms with van der Waals surface area (Å²) in [5, 5.41) is 2.64. The van der Waals surface area contributed by atoms with Crippen LogP contribution in [0.15, 0.2) is 22.7 Å². The molecule has 0 spiro atoms. The Morgan fingerprint density at radius 3 is 2.89 bits per heavy atom. The molecule has 0 fully saturated rings. The summed E-state index contributed by atoms with van der Waals surface area (Å²) in [5.41, 5.74) is 0.270. The minimum Gasteiger partial charge on any atom is -0.382 e. The first-order valence-corrected chi connectivity index (χ1v) is 6.25. The predicted molar refractivity (Wildman–Crippen MR) is 69.1 cm³/mol. The summed E-state index contributed by atoms with van der Waals surface area (Å²) >= 11 is 3.04. The van der Waals surface area contributed by atoms with Gasteiger partial charge in [-0.25, -0.2) is 4.39 Å². The number of carbonyl (C=O) groups is 1. The van der Waals surface area contributed by atoms with E-state index < -0.39 is 5.82 Å². The number of hydrogen-bond acceptors (Lipinski definition) is 3. The topological polar surface area (TPSA) is 47.6 Å². The average Bonchev–Trinajstić information content (AvgIpc) is 2.36. The maximum absolute atomic E-state index is 13.2. The van der Waals surface area contributed by atoms with Gasteiger partial charge in [-0.2, -0.15) is 0 Å². The molecule has 0 saturated heterocycles. The van der Waals surface area contributed by atoms with Crippen molar-refractivity contribution in [1.82, 2.24) is 5.32 Å². The van der Waals surface area contributed by atoms with Gasteiger partial charge in [0.25, 0.3) is 5.91 Å². The van der Waals surface area contributed by atoms with Gasteiger partial charge < -0.3 is 14.8 Å². The van der Waals surface area contributed by atoms with E-state index in [9.17, 15) is 9.18 Å². The van der Waals surface area contributed by atoms with Gasteiger partial charge in [0.15, 0.2) is 0 Å². The Labute approximate surface area is 114 Å². The lowest BCUT2D eigenvalue weighted by atomic mass is 10.2. The summed E-state index contributed by atoms with van der Waals surface area (Å²) in [6, 6.07) is 4.33. The maximum atomic E-state index is 13.2. The molecular formula is C12H15BrFNO3. The highest BCUT2D eigenvalue weighted by atomic mass is 79.9. The van der Waals surface area contributed by atoms with Gasteiger partial charge in [-0.05, 0) is 28.1 Å². The highest BCUT2D eigenvalue weighted by Gasteiger charge is 2.12. The predicted octanol–water partition coefficient (Wildman–Crippen LogP) is 1.98. The van der Waals surface area contributed by atoms with Gasteiger partial charge in [0.05, 0.1) is 29.9 Å². The Kier molecular flexibility index (Phi) is 6.85. The van der Waals surface area contributed by atoms with Crippen molar-refractivity contribution in [3.63, 3.8) is 0 Å². The summed E-state index contributed by atoms with van der Waals surface area (Å²) in [5.74, 6) is -0.796. The number of nitrogens with one attached hydrogen (secondary N) is 1. The zero-order valence-corrected chi connectivity index (χ0v) is 11.6. The summed E-state index contributed by atoms with van der Waals surface area (Å²) in [4.78, 5) is 11.7. The van der Waals surface area contributed by atoms with Crippen LogP contribution in [0.5, 0.6) is 0 Å². The van der Waals surface area contributed by atoms with Crippen LogP contribution in [-0.4, -0.2) is 39.4 Å². The van der Waals surface area contributed by atoms with E-state index in [0.29, 0.717) is 26.4 Å². The van der Waals surface area contributed by atoms with Crippen LogP contribution in [0, 0.1) is 5.82 Å². The molecule has 0 aromatic heterocycles. The molecule has 0 unspecified atom stereocenters. The van der Waals surface area contributed by atoms with Crippen molar-refractivity contribution < 1.29 is 18.7 Å². The molecule has 0 radical (unpaired) electrons. The Bertz CT molecular complexity index is 401. The fourth-order valence-electron chi connectivity index (χ4n) is 1.26. The quantitative estimate of drug-likeness (QED) is 0.782. The smallest absolute Gasteiger partial charge is 0.252 e. The van der Waals surface area contributed by atoms with E-state index in [2.05, 4.69) is 21.2 Å². The molecule has 0 atom stereocenters. The average molecular weight is 320 g/mol. The fraction of sp³-hybridized carbons (Fsp3) is 0.417. The number of ether oxygens (including phenoxy) is 2. The molecular weight excluding hydrogens is 305 g/mol. The molecule has 0 aliphatic carbocycles. The molecule has 1 aromatic carbocycles. The van der Waals surface area contributed by atoms with Gasteiger partial charge in [-0.1, -0.05) is 6.07 Å². The Morgan fingerprint density at radius 2 is 2.17 bits per heavy atom. The second-order valence-electron chi connectivity index (χ2n) is 3.46. The number of rotatable bonds is 7. The third-order valence-corrected chi connectivity index (χ3v) is 2.97. The van der Waals surface area contributed by atoms with Gasteiger partial charge in [0.2, 0.25) is 0 Å². The minimum absolute atomic E-state index is 0.169. The molecule has 0 aliphatic heterocycles. The fourth-order valence-corrected chi connectivity index (χ4v) is 1.70. The van der Waals surface area contributed by atoms with Gasteiger partial charge >= 0.3 is 0 Å². The van der Waals surface area contributed by atoms with E-state index in [1.165, 1.54) is 12.1 Å². The molecule has 1 N–H and O–H groups in total. The molecule has 1 aromatic rings. The van der Waals surface area contributed by atoms with Crippen LogP contribution in [0.3, 0.4) is 0 Å². The van der Waals surface area contributed by atoms with Crippen molar-refractivity contribution in [3.8, 4) is 0 Å². The van der Waals surface area contributed by atoms with Crippen LogP contribution in [0.2, 0.25) is 0 Å². The number of halogens is 2. The molecule has 4 nitrogen and oxygen atoms in total. The lowest BCUT2D eigenvalue weighted by Gasteiger charge is -2.07. The van der Waals surface area contributed by atoms with Crippen LogP contribution >= 0.6 is 15.9 Å². The van der Waals surface area contributed by atoms with Crippen molar-refractivity contribution in [2.45, 2.75) is 0 Å². The van der Waals surface area contributed by atoms with Crippen LogP contribution in [0.4, 0.5) is 4.39 Å². The normalized spacial score (nSPS) is 10.4. The largest absolute Gasteiger partial charge is 0.382 e. The number of benzene rings is 1. The minimum atomic E-state index is -0.459. The van der Waals surface area contributed by atoms with Crippen LogP contribution < -0.4 is 5.32 Å². The van der Waals surface area contributed by atoms with Crippen molar-refractivity contribution >= 4 is 21.8 Å². The summed E-state index contributed by atoms with van der Waals surface area (Å²) in [6.45, 7) is 1.76. The molecule has 0 aliphatic rings. The van der Waals surface area contributed by atoms with Crippen molar-refractivity contribution in [3.05, 3.63) is 34.1 Å². The van der Waals surface area contributed by atoms with E-state index >= 15 is 0 Å². The first-order valence-electron chi connectivity index (χ1n) is 5.45. The second kappa shape index (κ2) is 8.18. The highest BCUT2D eigenvalue weighted by Crippen LogP contribution is 2.19. The summed E-state index contributed by atoms with van der Waals surface area (Å²) in [7, 11) is 1.59. The maximum Gasteiger partial charge on any atom is 0.252 e. The Balaban J connectivity index is 2.35. The number of carbonyl (C=O) groups excluding carboxylic acids is 1. The lowest BCUT2D eigenvalue weighted by molar-refractivity contribution is 0.0692. The Hall–Kier alpha value is -0.980. The SMILES string of the molecule is COCCOCCNC(=O)c1cccc(F)c1Br. The van der Waals surface area contributed by atoms with E-state index in [-0.39, 0.29) is 15.9 Å². The molecule has 6 heteroatoms. The second-order valence-corrected chi connectivity index (χ2v) is 4.26. The van der Waals surface area contributed by atoms with E-state index in [4.69, 9.17) is 9.47 Å². The molecule has 0 heterocycles. The molecule has 1 rings (SSSR count). The van der Waals surface area contributed by atoms with E-state index in [1.807, 2.05) is 0 Å². The molecule has 1 amide bonds. The molecule has 0 saturated carbocycles. The van der Waals surface area contributed by atoms with Crippen molar-refractivity contribution in [1.29, 1.82) is 0 Å². The van der Waals surface area contributed by atoms with Gasteiger partial charge in [-0.15, -0.1) is 0 Å². The number of methoxy groups -OCH3 is 1. The summed E-state index contributed by atoms with van der Waals surface area (Å²) in [6.07, 6.45) is 0. The zero-order chi connectivity index (χ0) is 13.4. The molecule has 100 valence electrons. The standard InChI is InChI=1S/C12H15BrFNO3/c1-17-7-8-18-6-5-15-12(16)9-3-2-4-10(14)11(9)13/h2-4H,5-8H2,1H3,(H,15,16). The van der Waals surface area contributed by atoms with Crippen molar-refractivity contribution in [2.75, 3.05) is 33.5 Å². The van der Waals surface area contributed by atoms with Gasteiger partial charge in [0, 0.05) is 13.7 Å². The van der Waals surface area contributed by atoms with Crippen LogP contribution in [0.25, 0.3) is 0 Å². The monoisotopic (exact) mass is 319 g/mol. The lowest BCUT2D eigenvalue weighted by Crippen LogP contribution is -2.28. The molecule has 0 bridgehead atoms. The zero-order valence-electron chi connectivity index (χ0n) is 10.0. The number of amides is 1. The first kappa shape index (κ1) is 15.1. The first-order chi connectivity index (χ1) is 8.66. The van der Waals surface area contributed by atoms with Crippen LogP contribution in [0.1, 0.15) is 10.4 Å². The highest BCUT2D eigenvalue weighted by molar-refractivity contribution is 9.10. The summed E-state index contributed by atoms with van der Waals surface area (Å²) < 4.78 is 23.4. The van der Waals surface area contributed by atoms with Gasteiger partial charge in [-0.3, -0.25) is 4.79 Å². The third kappa shape index (κ3) is 4.72. The number of hydrogen-bond donors (Lipinski definition) is 1. The third-order valence-electron chi connectivity index (χ3n) is 2.16. The van der Waals surface area contributed by atoms with E-state index in [1.54, 1.807) is 13.2 Å². The molecule has 18 heavy (non-hydrogen) atoms. The Morgan fingerprint density at radius 1 is 1.39 bits per heavy atom. The van der Waals surface area contributed by atoms with Crippen LogP contribution in [-0.2, 0) is 9.47 Å². The van der Waals surface area contributed by atoms with Gasteiger partial charge in [0.1, 0.15) is 5.82 Å². The van der Waals surface area contributed by atoms with Crippen molar-refractivity contribution in [2.24, 2.45) is 0 Å².